The number of aromatic nitrogens is 2. The summed E-state index contributed by atoms with van der Waals surface area (Å²) in [5.41, 5.74) is 7.87. The molecule has 1 aromatic carbocycles. The number of aryl methyl sites for hydroxylation is 1. The van der Waals surface area contributed by atoms with Gasteiger partial charge in [-0.25, -0.2) is 14.8 Å². The quantitative estimate of drug-likeness (QED) is 0.561. The van der Waals surface area contributed by atoms with Gasteiger partial charge in [-0.2, -0.15) is 0 Å². The molecule has 6 nitrogen and oxygen atoms in total. The molecule has 0 aliphatic rings. The Hall–Kier alpha value is -1.93. The molecule has 0 saturated heterocycles. The lowest BCUT2D eigenvalue weighted by Crippen LogP contribution is -2.19. The van der Waals surface area contributed by atoms with Crippen molar-refractivity contribution in [3.8, 4) is 0 Å². The lowest BCUT2D eigenvalue weighted by molar-refractivity contribution is 0.0531. The molecule has 3 aromatic rings. The van der Waals surface area contributed by atoms with E-state index < -0.39 is 0 Å². The van der Waals surface area contributed by atoms with E-state index in [-0.39, 0.29) is 5.97 Å². The lowest BCUT2D eigenvalue weighted by atomic mass is 10.2. The number of nitrogen functional groups attached to an aromatic ring is 1. The molecular formula is C19H20Cl2N4O2S. The average Bonchev–Trinajstić information content (AvgIpc) is 2.94. The van der Waals surface area contributed by atoms with Crippen molar-refractivity contribution in [1.82, 2.24) is 14.9 Å². The van der Waals surface area contributed by atoms with Gasteiger partial charge >= 0.3 is 5.97 Å². The van der Waals surface area contributed by atoms with Gasteiger partial charge in [-0.1, -0.05) is 29.3 Å². The zero-order valence-corrected chi connectivity index (χ0v) is 18.1. The van der Waals surface area contributed by atoms with Crippen molar-refractivity contribution in [3.05, 3.63) is 50.1 Å². The highest BCUT2D eigenvalue weighted by atomic mass is 35.5. The third kappa shape index (κ3) is 4.38. The molecule has 9 heteroatoms. The monoisotopic (exact) mass is 438 g/mol. The number of hydrogen-bond acceptors (Lipinski definition) is 7. The Morgan fingerprint density at radius 1 is 1.29 bits per heavy atom. The van der Waals surface area contributed by atoms with Crippen LogP contribution in [0.25, 0.3) is 10.2 Å². The number of carbonyl (C=O) groups excluding carboxylic acids is 1. The molecule has 0 aliphatic carbocycles. The summed E-state index contributed by atoms with van der Waals surface area (Å²) in [5, 5.41) is 1.92. The standard InChI is InChI=1S/C19H20Cl2N4O2S/c1-4-27-19(26)16-10(2)15-17(22)23-14(24-18(15)28-16)9-25(3)8-11-5-6-12(20)7-13(11)21/h5-7H,4,8-9H2,1-3H3,(H2,22,23,24). The number of thiophene rings is 1. The first kappa shape index (κ1) is 20.8. The summed E-state index contributed by atoms with van der Waals surface area (Å²) in [6.07, 6.45) is 0. The van der Waals surface area contributed by atoms with Crippen LogP contribution in [-0.2, 0) is 17.8 Å². The van der Waals surface area contributed by atoms with Crippen LogP contribution < -0.4 is 5.73 Å². The van der Waals surface area contributed by atoms with E-state index in [2.05, 4.69) is 9.97 Å². The minimum atomic E-state index is -0.363. The largest absolute Gasteiger partial charge is 0.462 e. The predicted molar refractivity (Wildman–Crippen MR) is 114 cm³/mol. The van der Waals surface area contributed by atoms with Crippen molar-refractivity contribution >= 4 is 56.5 Å². The van der Waals surface area contributed by atoms with E-state index in [1.807, 2.05) is 31.0 Å². The summed E-state index contributed by atoms with van der Waals surface area (Å²) in [5.74, 6) is 0.579. The summed E-state index contributed by atoms with van der Waals surface area (Å²) in [6.45, 7) is 5.01. The highest BCUT2D eigenvalue weighted by Gasteiger charge is 2.20. The third-order valence-electron chi connectivity index (χ3n) is 4.19. The Kier molecular flexibility index (Phi) is 6.40. The van der Waals surface area contributed by atoms with E-state index in [1.165, 1.54) is 11.3 Å². The maximum atomic E-state index is 12.1. The van der Waals surface area contributed by atoms with Crippen LogP contribution in [0, 0.1) is 6.92 Å². The zero-order chi connectivity index (χ0) is 20.4. The number of benzene rings is 1. The predicted octanol–water partition coefficient (Wildman–Crippen LogP) is 4.70. The molecule has 0 saturated carbocycles. The van der Waals surface area contributed by atoms with Gasteiger partial charge in [0.1, 0.15) is 21.3 Å². The summed E-state index contributed by atoms with van der Waals surface area (Å²) < 4.78 is 5.11. The Morgan fingerprint density at radius 3 is 2.71 bits per heavy atom. The maximum absolute atomic E-state index is 12.1. The van der Waals surface area contributed by atoms with E-state index in [9.17, 15) is 4.79 Å². The second-order valence-corrected chi connectivity index (χ2v) is 8.23. The molecule has 0 amide bonds. The Bertz CT molecular complexity index is 1040. The second-order valence-electron chi connectivity index (χ2n) is 6.39. The van der Waals surface area contributed by atoms with Crippen LogP contribution in [-0.4, -0.2) is 34.5 Å². The first-order valence-corrected chi connectivity index (χ1v) is 10.2. The SMILES string of the molecule is CCOC(=O)c1sc2nc(CN(C)Cc3ccc(Cl)cc3Cl)nc(N)c2c1C. The van der Waals surface area contributed by atoms with Crippen molar-refractivity contribution < 1.29 is 9.53 Å². The number of carbonyl (C=O) groups is 1. The van der Waals surface area contributed by atoms with Crippen molar-refractivity contribution in [2.75, 3.05) is 19.4 Å². The summed E-state index contributed by atoms with van der Waals surface area (Å²) >= 11 is 13.5. The van der Waals surface area contributed by atoms with Gasteiger partial charge in [0.15, 0.2) is 0 Å². The number of halogens is 2. The van der Waals surface area contributed by atoms with Gasteiger partial charge in [-0.15, -0.1) is 11.3 Å². The van der Waals surface area contributed by atoms with E-state index >= 15 is 0 Å². The van der Waals surface area contributed by atoms with Gasteiger partial charge in [-0.05, 0) is 44.2 Å². The number of ether oxygens (including phenoxy) is 1. The topological polar surface area (TPSA) is 81.3 Å². The molecular weight excluding hydrogens is 419 g/mol. The van der Waals surface area contributed by atoms with E-state index in [0.29, 0.717) is 56.5 Å². The van der Waals surface area contributed by atoms with Gasteiger partial charge in [-0.3, -0.25) is 4.90 Å². The number of hydrogen-bond donors (Lipinski definition) is 1. The molecule has 0 fully saturated rings. The molecule has 0 aliphatic heterocycles. The Labute approximate surface area is 177 Å². The lowest BCUT2D eigenvalue weighted by Gasteiger charge is -2.17. The highest BCUT2D eigenvalue weighted by Crippen LogP contribution is 2.33. The molecule has 148 valence electrons. The van der Waals surface area contributed by atoms with Crippen LogP contribution in [0.4, 0.5) is 5.82 Å². The molecule has 3 rings (SSSR count). The first-order valence-electron chi connectivity index (χ1n) is 8.65. The summed E-state index contributed by atoms with van der Waals surface area (Å²) in [7, 11) is 1.94. The van der Waals surface area contributed by atoms with E-state index in [1.54, 1.807) is 13.0 Å². The number of fused-ring (bicyclic) bond motifs is 1. The fraction of sp³-hybridized carbons (Fsp3) is 0.316. The number of anilines is 1. The Morgan fingerprint density at radius 2 is 2.04 bits per heavy atom. The van der Waals surface area contributed by atoms with Crippen molar-refractivity contribution in [2.45, 2.75) is 26.9 Å². The maximum Gasteiger partial charge on any atom is 0.348 e. The smallest absolute Gasteiger partial charge is 0.348 e. The zero-order valence-electron chi connectivity index (χ0n) is 15.8. The molecule has 28 heavy (non-hydrogen) atoms. The van der Waals surface area contributed by atoms with Gasteiger partial charge < -0.3 is 10.5 Å². The minimum absolute atomic E-state index is 0.316. The molecule has 2 aromatic heterocycles. The van der Waals surface area contributed by atoms with Crippen molar-refractivity contribution in [2.24, 2.45) is 0 Å². The normalized spacial score (nSPS) is 11.4. The van der Waals surface area contributed by atoms with Gasteiger partial charge in [0.05, 0.1) is 18.5 Å². The molecule has 0 spiro atoms. The molecule has 2 heterocycles. The summed E-state index contributed by atoms with van der Waals surface area (Å²) in [6, 6.07) is 5.43. The van der Waals surface area contributed by atoms with Crippen molar-refractivity contribution in [3.63, 3.8) is 0 Å². The Balaban J connectivity index is 1.84. The third-order valence-corrected chi connectivity index (χ3v) is 5.94. The molecule has 0 atom stereocenters. The fourth-order valence-corrected chi connectivity index (χ4v) is 4.49. The minimum Gasteiger partial charge on any atom is -0.462 e. The summed E-state index contributed by atoms with van der Waals surface area (Å²) in [4.78, 5) is 24.4. The number of esters is 1. The number of nitrogens with zero attached hydrogens (tertiary/aromatic N) is 3. The van der Waals surface area contributed by atoms with E-state index in [0.717, 1.165) is 11.1 Å². The molecule has 0 radical (unpaired) electrons. The van der Waals surface area contributed by atoms with Gasteiger partial charge in [0, 0.05) is 16.6 Å². The van der Waals surface area contributed by atoms with Crippen LogP contribution in [0.15, 0.2) is 18.2 Å². The van der Waals surface area contributed by atoms with Crippen LogP contribution in [0.2, 0.25) is 10.0 Å². The van der Waals surface area contributed by atoms with Crippen LogP contribution >= 0.6 is 34.5 Å². The van der Waals surface area contributed by atoms with Crippen LogP contribution in [0.3, 0.4) is 0 Å². The number of nitrogens with two attached hydrogens (primary N) is 1. The van der Waals surface area contributed by atoms with Crippen LogP contribution in [0.5, 0.6) is 0 Å². The number of rotatable bonds is 6. The van der Waals surface area contributed by atoms with Gasteiger partial charge in [0.25, 0.3) is 0 Å². The molecule has 0 bridgehead atoms. The fourth-order valence-electron chi connectivity index (χ4n) is 2.92. The average molecular weight is 439 g/mol. The van der Waals surface area contributed by atoms with Crippen LogP contribution in [0.1, 0.15) is 33.5 Å². The van der Waals surface area contributed by atoms with Crippen molar-refractivity contribution in [1.29, 1.82) is 0 Å². The van der Waals surface area contributed by atoms with Gasteiger partial charge in [0.2, 0.25) is 0 Å². The van der Waals surface area contributed by atoms with E-state index in [4.69, 9.17) is 33.7 Å². The molecule has 0 unspecified atom stereocenters. The molecule has 2 N–H and O–H groups in total. The second kappa shape index (κ2) is 8.61. The highest BCUT2D eigenvalue weighted by molar-refractivity contribution is 7.20. The first-order chi connectivity index (χ1) is 13.3.